The average molecular weight is 270 g/mol. The van der Waals surface area contributed by atoms with Gasteiger partial charge < -0.3 is 14.2 Å². The third kappa shape index (κ3) is 1.99. The molecule has 0 saturated carbocycles. The normalized spacial score (nSPS) is 12.8. The number of fused-ring (bicyclic) bond motifs is 2. The Kier molecular flexibility index (Phi) is 3.06. The standard InChI is InChI=1S/C16H14O4/c1-18-15-8-10-7-12(17)11-5-3-4-6-13(11)20-14(10)9-16(15)19-2/h3-6,8-9H,7H2,1-2H3. The first-order valence-electron chi connectivity index (χ1n) is 6.28. The van der Waals surface area contributed by atoms with Gasteiger partial charge in [0.2, 0.25) is 0 Å². The first-order valence-corrected chi connectivity index (χ1v) is 6.28. The van der Waals surface area contributed by atoms with Gasteiger partial charge in [0.05, 0.1) is 19.8 Å². The van der Waals surface area contributed by atoms with Crippen LogP contribution in [0.4, 0.5) is 0 Å². The average Bonchev–Trinajstić information content (AvgIpc) is 2.61. The number of ether oxygens (including phenoxy) is 3. The molecule has 4 heteroatoms. The molecule has 102 valence electrons. The van der Waals surface area contributed by atoms with Crippen molar-refractivity contribution in [2.24, 2.45) is 0 Å². The molecule has 0 N–H and O–H groups in total. The summed E-state index contributed by atoms with van der Waals surface area (Å²) in [6.45, 7) is 0. The molecule has 0 spiro atoms. The summed E-state index contributed by atoms with van der Waals surface area (Å²) in [6.07, 6.45) is 0.284. The molecule has 0 unspecified atom stereocenters. The van der Waals surface area contributed by atoms with Gasteiger partial charge in [-0.15, -0.1) is 0 Å². The highest BCUT2D eigenvalue weighted by Gasteiger charge is 2.22. The number of methoxy groups -OCH3 is 2. The number of carbonyl (C=O) groups excluding carboxylic acids is 1. The molecule has 0 amide bonds. The second-order valence-electron chi connectivity index (χ2n) is 4.51. The van der Waals surface area contributed by atoms with Crippen LogP contribution in [0.1, 0.15) is 15.9 Å². The Labute approximate surface area is 116 Å². The number of hydrogen-bond donors (Lipinski definition) is 0. The summed E-state index contributed by atoms with van der Waals surface area (Å²) in [4.78, 5) is 12.3. The minimum absolute atomic E-state index is 0.0339. The summed E-state index contributed by atoms with van der Waals surface area (Å²) in [7, 11) is 3.14. The lowest BCUT2D eigenvalue weighted by molar-refractivity contribution is 0.0993. The van der Waals surface area contributed by atoms with E-state index in [1.54, 1.807) is 38.5 Å². The van der Waals surface area contributed by atoms with Crippen molar-refractivity contribution in [3.8, 4) is 23.0 Å². The zero-order valence-corrected chi connectivity index (χ0v) is 11.3. The monoisotopic (exact) mass is 270 g/mol. The van der Waals surface area contributed by atoms with Gasteiger partial charge in [0, 0.05) is 18.1 Å². The summed E-state index contributed by atoms with van der Waals surface area (Å²) < 4.78 is 16.4. The third-order valence-electron chi connectivity index (χ3n) is 3.33. The highest BCUT2D eigenvalue weighted by Crippen LogP contribution is 2.40. The Bertz CT molecular complexity index is 676. The Morgan fingerprint density at radius 1 is 1.00 bits per heavy atom. The number of benzene rings is 2. The number of ketones is 1. The molecule has 0 aliphatic carbocycles. The summed E-state index contributed by atoms with van der Waals surface area (Å²) in [5, 5.41) is 0. The van der Waals surface area contributed by atoms with Crippen LogP contribution in [0.15, 0.2) is 36.4 Å². The molecule has 1 heterocycles. The van der Waals surface area contributed by atoms with Crippen LogP contribution in [0, 0.1) is 0 Å². The Morgan fingerprint density at radius 2 is 1.70 bits per heavy atom. The molecule has 1 aliphatic heterocycles. The Hall–Kier alpha value is -2.49. The van der Waals surface area contributed by atoms with E-state index in [1.165, 1.54) is 0 Å². The lowest BCUT2D eigenvalue weighted by Crippen LogP contribution is -2.01. The van der Waals surface area contributed by atoms with Gasteiger partial charge in [-0.1, -0.05) is 12.1 Å². The fourth-order valence-corrected chi connectivity index (χ4v) is 2.31. The van der Waals surface area contributed by atoms with Gasteiger partial charge in [0.1, 0.15) is 11.5 Å². The van der Waals surface area contributed by atoms with Crippen molar-refractivity contribution in [1.29, 1.82) is 0 Å². The van der Waals surface area contributed by atoms with Gasteiger partial charge in [-0.05, 0) is 18.2 Å². The predicted molar refractivity (Wildman–Crippen MR) is 74.1 cm³/mol. The number of rotatable bonds is 2. The molecule has 0 atom stereocenters. The van der Waals surface area contributed by atoms with E-state index in [0.29, 0.717) is 28.6 Å². The van der Waals surface area contributed by atoms with Crippen molar-refractivity contribution < 1.29 is 19.0 Å². The molecular weight excluding hydrogens is 256 g/mol. The molecule has 3 rings (SSSR count). The molecule has 0 radical (unpaired) electrons. The van der Waals surface area contributed by atoms with Gasteiger partial charge in [-0.3, -0.25) is 4.79 Å². The number of carbonyl (C=O) groups is 1. The molecule has 2 aromatic rings. The lowest BCUT2D eigenvalue weighted by Gasteiger charge is -2.13. The first kappa shape index (κ1) is 12.5. The van der Waals surface area contributed by atoms with Crippen LogP contribution in [0.3, 0.4) is 0 Å². The molecule has 1 aliphatic rings. The molecule has 2 aromatic carbocycles. The molecule has 20 heavy (non-hydrogen) atoms. The van der Waals surface area contributed by atoms with E-state index in [1.807, 2.05) is 12.1 Å². The fourth-order valence-electron chi connectivity index (χ4n) is 2.31. The van der Waals surface area contributed by atoms with Gasteiger partial charge in [-0.2, -0.15) is 0 Å². The highest BCUT2D eigenvalue weighted by molar-refractivity contribution is 6.01. The van der Waals surface area contributed by atoms with E-state index in [4.69, 9.17) is 14.2 Å². The van der Waals surface area contributed by atoms with Crippen molar-refractivity contribution in [3.63, 3.8) is 0 Å². The van der Waals surface area contributed by atoms with Crippen LogP contribution in [-0.4, -0.2) is 20.0 Å². The van der Waals surface area contributed by atoms with Crippen molar-refractivity contribution in [1.82, 2.24) is 0 Å². The van der Waals surface area contributed by atoms with Crippen LogP contribution in [0.2, 0.25) is 0 Å². The molecule has 0 saturated heterocycles. The Balaban J connectivity index is 2.14. The van der Waals surface area contributed by atoms with Gasteiger partial charge in [0.15, 0.2) is 17.3 Å². The summed E-state index contributed by atoms with van der Waals surface area (Å²) in [6, 6.07) is 10.8. The van der Waals surface area contributed by atoms with E-state index in [0.717, 1.165) is 5.56 Å². The molecule has 0 aromatic heterocycles. The fraction of sp³-hybridized carbons (Fsp3) is 0.188. The highest BCUT2D eigenvalue weighted by atomic mass is 16.5. The predicted octanol–water partition coefficient (Wildman–Crippen LogP) is 3.23. The van der Waals surface area contributed by atoms with Gasteiger partial charge >= 0.3 is 0 Å². The van der Waals surface area contributed by atoms with Crippen molar-refractivity contribution in [2.45, 2.75) is 6.42 Å². The smallest absolute Gasteiger partial charge is 0.171 e. The molecule has 0 fully saturated rings. The van der Waals surface area contributed by atoms with E-state index in [-0.39, 0.29) is 12.2 Å². The van der Waals surface area contributed by atoms with Gasteiger partial charge in [0.25, 0.3) is 0 Å². The number of hydrogen-bond acceptors (Lipinski definition) is 4. The van der Waals surface area contributed by atoms with Crippen LogP contribution in [0.5, 0.6) is 23.0 Å². The zero-order chi connectivity index (χ0) is 14.1. The van der Waals surface area contributed by atoms with E-state index >= 15 is 0 Å². The van der Waals surface area contributed by atoms with Crippen LogP contribution in [-0.2, 0) is 6.42 Å². The van der Waals surface area contributed by atoms with Gasteiger partial charge in [-0.25, -0.2) is 0 Å². The van der Waals surface area contributed by atoms with Crippen molar-refractivity contribution in [3.05, 3.63) is 47.5 Å². The maximum Gasteiger partial charge on any atom is 0.171 e. The molecule has 4 nitrogen and oxygen atoms in total. The summed E-state index contributed by atoms with van der Waals surface area (Å²) in [5.74, 6) is 2.41. The van der Waals surface area contributed by atoms with Crippen LogP contribution < -0.4 is 14.2 Å². The maximum absolute atomic E-state index is 12.3. The SMILES string of the molecule is COc1cc2c(cc1OC)Oc1ccccc1C(=O)C2. The third-order valence-corrected chi connectivity index (χ3v) is 3.33. The van der Waals surface area contributed by atoms with E-state index in [2.05, 4.69) is 0 Å². The van der Waals surface area contributed by atoms with Crippen molar-refractivity contribution >= 4 is 5.78 Å². The molecule has 0 bridgehead atoms. The number of para-hydroxylation sites is 1. The van der Waals surface area contributed by atoms with E-state index < -0.39 is 0 Å². The second-order valence-corrected chi connectivity index (χ2v) is 4.51. The second kappa shape index (κ2) is 4.89. The summed E-state index contributed by atoms with van der Waals surface area (Å²) >= 11 is 0. The lowest BCUT2D eigenvalue weighted by atomic mass is 10.0. The largest absolute Gasteiger partial charge is 0.493 e. The Morgan fingerprint density at radius 3 is 2.45 bits per heavy atom. The van der Waals surface area contributed by atoms with E-state index in [9.17, 15) is 4.79 Å². The van der Waals surface area contributed by atoms with Crippen LogP contribution >= 0.6 is 0 Å². The minimum Gasteiger partial charge on any atom is -0.493 e. The number of Topliss-reactive ketones (excluding diaryl/α,β-unsaturated/α-hetero) is 1. The quantitative estimate of drug-likeness (QED) is 0.840. The summed E-state index contributed by atoms with van der Waals surface area (Å²) in [5.41, 5.74) is 1.39. The first-order chi connectivity index (χ1) is 9.72. The maximum atomic E-state index is 12.3. The van der Waals surface area contributed by atoms with Crippen molar-refractivity contribution in [2.75, 3.05) is 14.2 Å². The topological polar surface area (TPSA) is 44.8 Å². The molecular formula is C16H14O4. The zero-order valence-electron chi connectivity index (χ0n) is 11.3. The minimum atomic E-state index is 0.0339. The van der Waals surface area contributed by atoms with Crippen LogP contribution in [0.25, 0.3) is 0 Å².